The van der Waals surface area contributed by atoms with E-state index >= 15 is 0 Å². The van der Waals surface area contributed by atoms with Crippen molar-refractivity contribution in [2.45, 2.75) is 18.4 Å². The molecule has 0 amide bonds. The van der Waals surface area contributed by atoms with Gasteiger partial charge in [-0.05, 0) is 18.1 Å². The van der Waals surface area contributed by atoms with Crippen LogP contribution in [0.3, 0.4) is 0 Å². The van der Waals surface area contributed by atoms with Gasteiger partial charge in [-0.15, -0.1) is 6.54 Å². The highest BCUT2D eigenvalue weighted by Gasteiger charge is 2.40. The molecule has 1 spiro atoms. The lowest BCUT2D eigenvalue weighted by Gasteiger charge is -2.33. The molecule has 3 N–H and O–H groups in total. The van der Waals surface area contributed by atoms with Crippen LogP contribution >= 0.6 is 0 Å². The molecule has 2 aliphatic rings. The van der Waals surface area contributed by atoms with Gasteiger partial charge < -0.3 is 15.6 Å². The van der Waals surface area contributed by atoms with Crippen LogP contribution in [0.5, 0.6) is 0 Å². The smallest absolute Gasteiger partial charge is 0.116 e. The molecule has 0 radical (unpaired) electrons. The van der Waals surface area contributed by atoms with Gasteiger partial charge in [-0.3, -0.25) is 0 Å². The Morgan fingerprint density at radius 3 is 3.12 bits per heavy atom. The molecular weight excluding hydrogens is 210 g/mol. The minimum absolute atomic E-state index is 0.229. The number of aromatic amines is 1. The predicted molar refractivity (Wildman–Crippen MR) is 68.2 cm³/mol. The molecular formula is C14H17N3. The summed E-state index contributed by atoms with van der Waals surface area (Å²) in [6.07, 6.45) is 2.37. The first kappa shape index (κ1) is 9.68. The monoisotopic (exact) mass is 227 g/mol. The number of para-hydroxylation sites is 1. The van der Waals surface area contributed by atoms with Crippen LogP contribution in [0, 0.1) is 0 Å². The molecule has 1 atom stereocenters. The predicted octanol–water partition coefficient (Wildman–Crippen LogP) is 1.26. The summed E-state index contributed by atoms with van der Waals surface area (Å²) in [5.41, 5.74) is 4.51. The molecule has 3 heteroatoms. The van der Waals surface area contributed by atoms with E-state index in [-0.39, 0.29) is 5.54 Å². The van der Waals surface area contributed by atoms with Crippen molar-refractivity contribution >= 4 is 10.9 Å². The van der Waals surface area contributed by atoms with Crippen LogP contribution < -0.4 is 5.32 Å². The van der Waals surface area contributed by atoms with Gasteiger partial charge in [0.25, 0.3) is 0 Å². The second kappa shape index (κ2) is 3.34. The molecule has 17 heavy (non-hydrogen) atoms. The average Bonchev–Trinajstić information content (AvgIpc) is 2.96. The zero-order valence-corrected chi connectivity index (χ0v) is 9.87. The van der Waals surface area contributed by atoms with E-state index in [1.165, 1.54) is 36.0 Å². The van der Waals surface area contributed by atoms with Crippen molar-refractivity contribution in [1.29, 1.82) is 0 Å². The summed E-state index contributed by atoms with van der Waals surface area (Å²) in [5.74, 6) is 0. The van der Waals surface area contributed by atoms with E-state index in [2.05, 4.69) is 39.9 Å². The summed E-state index contributed by atoms with van der Waals surface area (Å²) >= 11 is 0. The van der Waals surface area contributed by atoms with E-state index in [0.29, 0.717) is 0 Å². The second-order valence-corrected chi connectivity index (χ2v) is 5.28. The van der Waals surface area contributed by atoms with Gasteiger partial charge in [0.1, 0.15) is 5.54 Å². The standard InChI is InChI=1S/C14H16N3/c1-2-4-12-10(3-1)11-5-7-16-14(13(11)17-12)6-8-15-9-14/h1-4,16-17H,5-9H2/q-1/p+1. The molecule has 0 saturated carbocycles. The third-order valence-corrected chi connectivity index (χ3v) is 4.35. The summed E-state index contributed by atoms with van der Waals surface area (Å²) in [6, 6.07) is 8.68. The topological polar surface area (TPSA) is 46.5 Å². The maximum atomic E-state index is 4.58. The molecule has 88 valence electrons. The number of fused-ring (bicyclic) bond motifs is 4. The van der Waals surface area contributed by atoms with E-state index in [1.807, 2.05) is 0 Å². The third-order valence-electron chi connectivity index (χ3n) is 4.35. The van der Waals surface area contributed by atoms with E-state index < -0.39 is 0 Å². The minimum atomic E-state index is 0.229. The van der Waals surface area contributed by atoms with Crippen LogP contribution in [-0.2, 0) is 12.0 Å². The summed E-state index contributed by atoms with van der Waals surface area (Å²) in [7, 11) is 0. The molecule has 0 bridgehead atoms. The van der Waals surface area contributed by atoms with E-state index in [1.54, 1.807) is 5.56 Å². The molecule has 1 saturated heterocycles. The number of nitrogens with one attached hydrogen (secondary N) is 1. The summed E-state index contributed by atoms with van der Waals surface area (Å²) in [5, 5.41) is 8.50. The van der Waals surface area contributed by atoms with Gasteiger partial charge in [0.05, 0.1) is 12.2 Å². The molecule has 1 aromatic carbocycles. The maximum Gasteiger partial charge on any atom is 0.116 e. The van der Waals surface area contributed by atoms with Gasteiger partial charge in [-0.25, -0.2) is 0 Å². The van der Waals surface area contributed by atoms with Crippen LogP contribution in [0.25, 0.3) is 16.2 Å². The van der Waals surface area contributed by atoms with Crippen LogP contribution in [0.4, 0.5) is 0 Å². The number of H-pyrrole nitrogens is 1. The summed E-state index contributed by atoms with van der Waals surface area (Å²) in [6.45, 7) is 3.20. The number of aromatic nitrogens is 1. The van der Waals surface area contributed by atoms with E-state index in [0.717, 1.165) is 13.1 Å². The minimum Gasteiger partial charge on any atom is -0.657 e. The zero-order valence-electron chi connectivity index (χ0n) is 9.87. The highest BCUT2D eigenvalue weighted by molar-refractivity contribution is 5.85. The number of quaternary nitrogens is 1. The van der Waals surface area contributed by atoms with E-state index in [4.69, 9.17) is 0 Å². The molecule has 1 aromatic heterocycles. The van der Waals surface area contributed by atoms with Gasteiger partial charge >= 0.3 is 0 Å². The quantitative estimate of drug-likeness (QED) is 0.681. The van der Waals surface area contributed by atoms with Crippen LogP contribution in [0.1, 0.15) is 17.7 Å². The van der Waals surface area contributed by atoms with Crippen molar-refractivity contribution < 1.29 is 5.32 Å². The summed E-state index contributed by atoms with van der Waals surface area (Å²) in [4.78, 5) is 3.66. The SMILES string of the molecule is c1ccc2c3c([nH]c2c1)C1(CC[N-]C1)[NH2+]CC3. The Labute approximate surface area is 101 Å². The molecule has 3 nitrogen and oxygen atoms in total. The maximum absolute atomic E-state index is 4.58. The first-order valence-corrected chi connectivity index (χ1v) is 6.47. The van der Waals surface area contributed by atoms with Crippen molar-refractivity contribution in [3.05, 3.63) is 40.8 Å². The highest BCUT2D eigenvalue weighted by Crippen LogP contribution is 2.36. The Bertz CT molecular complexity index is 564. The second-order valence-electron chi connectivity index (χ2n) is 5.28. The lowest BCUT2D eigenvalue weighted by molar-refractivity contribution is -0.735. The van der Waals surface area contributed by atoms with Crippen molar-refractivity contribution in [3.63, 3.8) is 0 Å². The lowest BCUT2D eigenvalue weighted by Crippen LogP contribution is -2.97. The van der Waals surface area contributed by atoms with Crippen molar-refractivity contribution in [1.82, 2.24) is 4.98 Å². The lowest BCUT2D eigenvalue weighted by atomic mass is 9.86. The molecule has 2 aromatic rings. The number of nitrogens with zero attached hydrogens (tertiary/aromatic N) is 1. The molecule has 2 aliphatic heterocycles. The largest absolute Gasteiger partial charge is 0.657 e. The third kappa shape index (κ3) is 1.24. The van der Waals surface area contributed by atoms with Crippen molar-refractivity contribution in [2.75, 3.05) is 19.6 Å². The molecule has 0 aliphatic carbocycles. The first-order chi connectivity index (χ1) is 8.39. The van der Waals surface area contributed by atoms with E-state index in [9.17, 15) is 0 Å². The molecule has 4 rings (SSSR count). The normalized spacial score (nSPS) is 27.8. The summed E-state index contributed by atoms with van der Waals surface area (Å²) < 4.78 is 0. The Kier molecular flexibility index (Phi) is 1.90. The van der Waals surface area contributed by atoms with Gasteiger partial charge in [-0.2, -0.15) is 0 Å². The zero-order chi connectivity index (χ0) is 11.3. The number of rotatable bonds is 0. The fraction of sp³-hybridized carbons (Fsp3) is 0.429. The number of nitrogens with two attached hydrogens (primary N) is 1. The van der Waals surface area contributed by atoms with Crippen LogP contribution in [-0.4, -0.2) is 24.6 Å². The molecule has 1 fully saturated rings. The van der Waals surface area contributed by atoms with Crippen LogP contribution in [0.15, 0.2) is 24.3 Å². The van der Waals surface area contributed by atoms with Gasteiger partial charge in [0.15, 0.2) is 0 Å². The molecule has 3 heterocycles. The van der Waals surface area contributed by atoms with Crippen molar-refractivity contribution in [3.8, 4) is 0 Å². The number of hydrogen-bond acceptors (Lipinski definition) is 0. The Balaban J connectivity index is 1.99. The number of hydrogen-bond donors (Lipinski definition) is 2. The fourth-order valence-electron chi connectivity index (χ4n) is 3.49. The molecule has 1 unspecified atom stereocenters. The first-order valence-electron chi connectivity index (χ1n) is 6.47. The highest BCUT2D eigenvalue weighted by atomic mass is 15.1. The van der Waals surface area contributed by atoms with Crippen molar-refractivity contribution in [2.24, 2.45) is 0 Å². The Morgan fingerprint density at radius 2 is 2.24 bits per heavy atom. The average molecular weight is 227 g/mol. The Morgan fingerprint density at radius 1 is 1.29 bits per heavy atom. The van der Waals surface area contributed by atoms with Crippen LogP contribution in [0.2, 0.25) is 0 Å². The van der Waals surface area contributed by atoms with Gasteiger partial charge in [0, 0.05) is 17.3 Å². The number of benzene rings is 1. The van der Waals surface area contributed by atoms with Gasteiger partial charge in [-0.1, -0.05) is 24.7 Å². The fourth-order valence-corrected chi connectivity index (χ4v) is 3.49. The van der Waals surface area contributed by atoms with Gasteiger partial charge in [0.2, 0.25) is 0 Å². The Hall–Kier alpha value is -1.32.